The number of hydrogen-bond donors (Lipinski definition) is 2. The zero-order chi connectivity index (χ0) is 20.2. The van der Waals surface area contributed by atoms with Crippen molar-refractivity contribution in [2.75, 3.05) is 38.1 Å². The average Bonchev–Trinajstić information content (AvgIpc) is 2.75. The molecule has 1 amide bonds. The maximum atomic E-state index is 8.94. The van der Waals surface area contributed by atoms with Gasteiger partial charge in [-0.15, -0.1) is 0 Å². The molecule has 6 heteroatoms. The number of nitrogens with two attached hydrogens (primary N) is 1. The Morgan fingerprint density at radius 2 is 1.61 bits per heavy atom. The maximum Gasteiger partial charge on any atom is 0.221 e. The lowest BCUT2D eigenvalue weighted by Crippen LogP contribution is -2.44. The number of amides is 1. The van der Waals surface area contributed by atoms with Crippen molar-refractivity contribution in [1.82, 2.24) is 15.3 Å². The van der Waals surface area contributed by atoms with Gasteiger partial charge in [-0.3, -0.25) is 15.2 Å². The fourth-order valence-corrected chi connectivity index (χ4v) is 3.25. The number of hydrogen-bond acceptors (Lipinski definition) is 5. The molecule has 2 aromatic rings. The van der Waals surface area contributed by atoms with Crippen LogP contribution in [0.1, 0.15) is 30.2 Å². The summed E-state index contributed by atoms with van der Waals surface area (Å²) in [7, 11) is 2.19. The van der Waals surface area contributed by atoms with Gasteiger partial charge in [0.2, 0.25) is 6.41 Å². The highest BCUT2D eigenvalue weighted by atomic mass is 16.1. The summed E-state index contributed by atoms with van der Waals surface area (Å²) in [5.74, 6) is 4.41. The van der Waals surface area contributed by atoms with Gasteiger partial charge >= 0.3 is 0 Å². The van der Waals surface area contributed by atoms with Gasteiger partial charge in [0, 0.05) is 31.9 Å². The molecule has 0 saturated carbocycles. The van der Waals surface area contributed by atoms with Crippen LogP contribution in [0.2, 0.25) is 0 Å². The molecule has 1 aliphatic heterocycles. The van der Waals surface area contributed by atoms with Crippen LogP contribution in [-0.2, 0) is 24.1 Å². The number of carbonyl (C=O) groups excluding carboxylic acids is 1. The highest BCUT2D eigenvalue weighted by Gasteiger charge is 2.14. The van der Waals surface area contributed by atoms with Gasteiger partial charge in [-0.1, -0.05) is 37.6 Å². The van der Waals surface area contributed by atoms with E-state index in [1.54, 1.807) is 5.43 Å². The topological polar surface area (TPSA) is 74.5 Å². The first-order valence-electron chi connectivity index (χ1n) is 10.0. The second-order valence-corrected chi connectivity index (χ2v) is 7.15. The van der Waals surface area contributed by atoms with Gasteiger partial charge in [0.1, 0.15) is 0 Å². The minimum atomic E-state index is 0.403. The lowest BCUT2D eigenvalue weighted by atomic mass is 10.0. The van der Waals surface area contributed by atoms with E-state index in [-0.39, 0.29) is 0 Å². The van der Waals surface area contributed by atoms with E-state index in [9.17, 15) is 0 Å². The minimum absolute atomic E-state index is 0.403. The number of hydrazine groups is 1. The van der Waals surface area contributed by atoms with Crippen LogP contribution in [0, 0.1) is 0 Å². The molecule has 6 nitrogen and oxygen atoms in total. The van der Waals surface area contributed by atoms with Crippen molar-refractivity contribution in [3.8, 4) is 0 Å². The third-order valence-electron chi connectivity index (χ3n) is 4.98. The van der Waals surface area contributed by atoms with Crippen LogP contribution in [0.15, 0.2) is 42.6 Å². The number of nitrogens with one attached hydrogen (secondary N) is 1. The molecule has 3 rings (SSSR count). The summed E-state index contributed by atoms with van der Waals surface area (Å²) in [6.45, 7) is 6.69. The molecule has 0 atom stereocenters. The number of aromatic nitrogens is 1. The molecule has 0 spiro atoms. The van der Waals surface area contributed by atoms with Gasteiger partial charge in [0.15, 0.2) is 0 Å². The van der Waals surface area contributed by atoms with Crippen LogP contribution in [0.5, 0.6) is 0 Å². The van der Waals surface area contributed by atoms with Crippen molar-refractivity contribution in [2.24, 2.45) is 5.84 Å². The molecule has 1 aromatic heterocycles. The molecular weight excluding hydrogens is 350 g/mol. The number of anilines is 1. The SMILES string of the molecule is CCCc1ccc(CCc2ccc(N3CCN(C)CC3)cn2)cc1.NNC=O. The molecule has 0 unspecified atom stereocenters. The summed E-state index contributed by atoms with van der Waals surface area (Å²) in [6.07, 6.45) is 6.91. The Kier molecular flexibility index (Phi) is 9.45. The summed E-state index contributed by atoms with van der Waals surface area (Å²) in [5.41, 5.74) is 7.04. The second kappa shape index (κ2) is 12.1. The Morgan fingerprint density at radius 1 is 1.00 bits per heavy atom. The Morgan fingerprint density at radius 3 is 2.11 bits per heavy atom. The van der Waals surface area contributed by atoms with E-state index < -0.39 is 0 Å². The van der Waals surface area contributed by atoms with Crippen LogP contribution < -0.4 is 16.2 Å². The Labute approximate surface area is 168 Å². The quantitative estimate of drug-likeness (QED) is 0.332. The Balaban J connectivity index is 0.000000640. The summed E-state index contributed by atoms with van der Waals surface area (Å²) >= 11 is 0. The van der Waals surface area contributed by atoms with E-state index in [1.807, 2.05) is 6.20 Å². The summed E-state index contributed by atoms with van der Waals surface area (Å²) in [6, 6.07) is 13.5. The number of likely N-dealkylation sites (N-methyl/N-ethyl adjacent to an activating group) is 1. The largest absolute Gasteiger partial charge is 0.368 e. The smallest absolute Gasteiger partial charge is 0.221 e. The number of carbonyl (C=O) groups is 1. The van der Waals surface area contributed by atoms with Crippen molar-refractivity contribution in [3.63, 3.8) is 0 Å². The van der Waals surface area contributed by atoms with E-state index in [0.717, 1.165) is 39.0 Å². The van der Waals surface area contributed by atoms with Gasteiger partial charge < -0.3 is 9.80 Å². The minimum Gasteiger partial charge on any atom is -0.368 e. The van der Waals surface area contributed by atoms with Crippen molar-refractivity contribution in [1.29, 1.82) is 0 Å². The zero-order valence-electron chi connectivity index (χ0n) is 17.1. The van der Waals surface area contributed by atoms with E-state index in [0.29, 0.717) is 6.41 Å². The standard InChI is InChI=1S/C21H29N3.CH4N2O/c1-3-4-18-5-7-19(8-6-18)9-10-20-11-12-21(17-22-20)24-15-13-23(2)14-16-24;2-3-1-4/h5-8,11-12,17H,3-4,9-10,13-16H2,1-2H3;1H,2H2,(H,3,4). The van der Waals surface area contributed by atoms with Crippen LogP contribution in [0.25, 0.3) is 0 Å². The van der Waals surface area contributed by atoms with Crippen LogP contribution in [-0.4, -0.2) is 49.5 Å². The molecular formula is C22H33N5O. The molecule has 1 aliphatic rings. The van der Waals surface area contributed by atoms with Crippen LogP contribution in [0.3, 0.4) is 0 Å². The Hall–Kier alpha value is -2.44. The number of nitrogens with zero attached hydrogens (tertiary/aromatic N) is 3. The number of piperazine rings is 1. The van der Waals surface area contributed by atoms with Gasteiger partial charge in [-0.05, 0) is 49.6 Å². The molecule has 0 bridgehead atoms. The number of aryl methyl sites for hydroxylation is 3. The highest BCUT2D eigenvalue weighted by Crippen LogP contribution is 2.16. The van der Waals surface area contributed by atoms with Crippen molar-refractivity contribution in [2.45, 2.75) is 32.6 Å². The third-order valence-corrected chi connectivity index (χ3v) is 4.98. The predicted octanol–water partition coefficient (Wildman–Crippen LogP) is 2.18. The van der Waals surface area contributed by atoms with Gasteiger partial charge in [-0.25, -0.2) is 5.84 Å². The third kappa shape index (κ3) is 7.29. The van der Waals surface area contributed by atoms with Gasteiger partial charge in [-0.2, -0.15) is 0 Å². The van der Waals surface area contributed by atoms with E-state index in [1.165, 1.54) is 35.3 Å². The normalized spacial score (nSPS) is 14.2. The lowest BCUT2D eigenvalue weighted by Gasteiger charge is -2.33. The van der Waals surface area contributed by atoms with Crippen molar-refractivity contribution in [3.05, 3.63) is 59.4 Å². The maximum absolute atomic E-state index is 8.94. The summed E-state index contributed by atoms with van der Waals surface area (Å²) < 4.78 is 0. The molecule has 2 heterocycles. The second-order valence-electron chi connectivity index (χ2n) is 7.15. The molecule has 0 radical (unpaired) electrons. The first kappa shape index (κ1) is 21.9. The van der Waals surface area contributed by atoms with E-state index in [4.69, 9.17) is 4.79 Å². The molecule has 3 N–H and O–H groups in total. The summed E-state index contributed by atoms with van der Waals surface area (Å²) in [4.78, 5) is 18.4. The fraction of sp³-hybridized carbons (Fsp3) is 0.455. The van der Waals surface area contributed by atoms with Gasteiger partial charge in [0.25, 0.3) is 0 Å². The molecule has 1 aromatic carbocycles. The van der Waals surface area contributed by atoms with Crippen molar-refractivity contribution >= 4 is 12.1 Å². The predicted molar refractivity (Wildman–Crippen MR) is 115 cm³/mol. The average molecular weight is 384 g/mol. The van der Waals surface area contributed by atoms with E-state index in [2.05, 4.69) is 71.0 Å². The molecule has 1 saturated heterocycles. The van der Waals surface area contributed by atoms with Crippen molar-refractivity contribution < 1.29 is 4.79 Å². The number of benzene rings is 1. The fourth-order valence-electron chi connectivity index (χ4n) is 3.25. The van der Waals surface area contributed by atoms with Crippen LogP contribution in [0.4, 0.5) is 5.69 Å². The lowest BCUT2D eigenvalue weighted by molar-refractivity contribution is -0.109. The zero-order valence-corrected chi connectivity index (χ0v) is 17.1. The summed E-state index contributed by atoms with van der Waals surface area (Å²) in [5, 5.41) is 0. The van der Waals surface area contributed by atoms with Crippen LogP contribution >= 0.6 is 0 Å². The molecule has 0 aliphatic carbocycles. The monoisotopic (exact) mass is 383 g/mol. The van der Waals surface area contributed by atoms with Gasteiger partial charge in [0.05, 0.1) is 11.9 Å². The molecule has 28 heavy (non-hydrogen) atoms. The number of pyridine rings is 1. The first-order chi connectivity index (χ1) is 13.7. The number of rotatable bonds is 7. The van der Waals surface area contributed by atoms with E-state index >= 15 is 0 Å². The molecule has 1 fully saturated rings. The highest BCUT2D eigenvalue weighted by molar-refractivity contribution is 5.45. The first-order valence-corrected chi connectivity index (χ1v) is 10.0. The molecule has 152 valence electrons. The Bertz CT molecular complexity index is 679.